The second-order valence-corrected chi connectivity index (χ2v) is 4.93. The standard InChI is InChI=1S/C14H14O3S/c1-9-7-10(8-18-9)13(15)11-5-4-6-12(16-2)14(11)17-3/h4-8H,1-3H3. The number of hydrogen-bond donors (Lipinski definition) is 0. The predicted octanol–water partition coefficient (Wildman–Crippen LogP) is 3.30. The number of thiophene rings is 1. The molecule has 0 bridgehead atoms. The van der Waals surface area contributed by atoms with E-state index in [1.807, 2.05) is 18.4 Å². The van der Waals surface area contributed by atoms with Gasteiger partial charge in [-0.05, 0) is 25.1 Å². The van der Waals surface area contributed by atoms with Crippen LogP contribution in [0.5, 0.6) is 11.5 Å². The van der Waals surface area contributed by atoms with Crippen LogP contribution < -0.4 is 9.47 Å². The number of para-hydroxylation sites is 1. The molecule has 0 saturated carbocycles. The van der Waals surface area contributed by atoms with E-state index in [2.05, 4.69) is 0 Å². The monoisotopic (exact) mass is 262 g/mol. The Morgan fingerprint density at radius 1 is 1.22 bits per heavy atom. The largest absolute Gasteiger partial charge is 0.493 e. The molecule has 0 aliphatic rings. The predicted molar refractivity (Wildman–Crippen MR) is 72.0 cm³/mol. The van der Waals surface area contributed by atoms with Crippen LogP contribution in [0.4, 0.5) is 0 Å². The summed E-state index contributed by atoms with van der Waals surface area (Å²) in [6.07, 6.45) is 0. The molecule has 3 nitrogen and oxygen atoms in total. The van der Waals surface area contributed by atoms with Crippen molar-refractivity contribution in [2.45, 2.75) is 6.92 Å². The highest BCUT2D eigenvalue weighted by Gasteiger charge is 2.18. The van der Waals surface area contributed by atoms with Crippen LogP contribution in [0, 0.1) is 6.92 Å². The average molecular weight is 262 g/mol. The molecule has 2 rings (SSSR count). The maximum atomic E-state index is 12.4. The van der Waals surface area contributed by atoms with Crippen molar-refractivity contribution < 1.29 is 14.3 Å². The molecule has 0 saturated heterocycles. The average Bonchev–Trinajstić information content (AvgIpc) is 2.83. The normalized spacial score (nSPS) is 10.2. The van der Waals surface area contributed by atoms with Crippen molar-refractivity contribution in [3.05, 3.63) is 45.6 Å². The molecule has 0 aliphatic heterocycles. The van der Waals surface area contributed by atoms with Crippen molar-refractivity contribution in [3.63, 3.8) is 0 Å². The lowest BCUT2D eigenvalue weighted by molar-refractivity contribution is 0.103. The van der Waals surface area contributed by atoms with Crippen molar-refractivity contribution in [1.82, 2.24) is 0 Å². The van der Waals surface area contributed by atoms with Gasteiger partial charge in [0.15, 0.2) is 17.3 Å². The molecule has 18 heavy (non-hydrogen) atoms. The second kappa shape index (κ2) is 5.23. The van der Waals surface area contributed by atoms with Gasteiger partial charge in [-0.1, -0.05) is 6.07 Å². The quantitative estimate of drug-likeness (QED) is 0.793. The number of ketones is 1. The zero-order valence-corrected chi connectivity index (χ0v) is 11.3. The van der Waals surface area contributed by atoms with Crippen molar-refractivity contribution in [1.29, 1.82) is 0 Å². The molecule has 0 N–H and O–H groups in total. The number of hydrogen-bond acceptors (Lipinski definition) is 4. The number of methoxy groups -OCH3 is 2. The summed E-state index contributed by atoms with van der Waals surface area (Å²) in [6.45, 7) is 1.98. The van der Waals surface area contributed by atoms with Crippen molar-refractivity contribution >= 4 is 17.1 Å². The molecule has 0 fully saturated rings. The number of ether oxygens (including phenoxy) is 2. The number of carbonyl (C=O) groups is 1. The van der Waals surface area contributed by atoms with Gasteiger partial charge in [-0.25, -0.2) is 0 Å². The third-order valence-electron chi connectivity index (χ3n) is 2.64. The van der Waals surface area contributed by atoms with E-state index >= 15 is 0 Å². The third kappa shape index (κ3) is 2.24. The fourth-order valence-electron chi connectivity index (χ4n) is 1.78. The first kappa shape index (κ1) is 12.6. The van der Waals surface area contributed by atoms with E-state index in [0.29, 0.717) is 22.6 Å². The molecule has 0 spiro atoms. The highest BCUT2D eigenvalue weighted by atomic mass is 32.1. The Morgan fingerprint density at radius 3 is 2.56 bits per heavy atom. The minimum Gasteiger partial charge on any atom is -0.493 e. The Bertz CT molecular complexity index is 572. The van der Waals surface area contributed by atoms with Gasteiger partial charge in [-0.15, -0.1) is 11.3 Å². The van der Waals surface area contributed by atoms with Gasteiger partial charge in [-0.3, -0.25) is 4.79 Å². The summed E-state index contributed by atoms with van der Waals surface area (Å²) < 4.78 is 10.5. The van der Waals surface area contributed by atoms with E-state index in [1.165, 1.54) is 7.11 Å². The Kier molecular flexibility index (Phi) is 3.67. The highest BCUT2D eigenvalue weighted by Crippen LogP contribution is 2.32. The van der Waals surface area contributed by atoms with Crippen LogP contribution in [-0.4, -0.2) is 20.0 Å². The van der Waals surface area contributed by atoms with E-state index in [0.717, 1.165) is 4.88 Å². The molecule has 4 heteroatoms. The van der Waals surface area contributed by atoms with Gasteiger partial charge < -0.3 is 9.47 Å². The Balaban J connectivity index is 2.47. The van der Waals surface area contributed by atoms with E-state index in [1.54, 1.807) is 36.6 Å². The van der Waals surface area contributed by atoms with Gasteiger partial charge in [0.2, 0.25) is 0 Å². The number of benzene rings is 1. The van der Waals surface area contributed by atoms with Crippen LogP contribution in [0.3, 0.4) is 0 Å². The molecule has 1 heterocycles. The molecule has 0 amide bonds. The van der Waals surface area contributed by atoms with Crippen molar-refractivity contribution in [2.75, 3.05) is 14.2 Å². The van der Waals surface area contributed by atoms with Gasteiger partial charge in [0.25, 0.3) is 0 Å². The number of carbonyl (C=O) groups excluding carboxylic acids is 1. The fraction of sp³-hybridized carbons (Fsp3) is 0.214. The van der Waals surface area contributed by atoms with Crippen molar-refractivity contribution in [3.8, 4) is 11.5 Å². The lowest BCUT2D eigenvalue weighted by Gasteiger charge is -2.11. The topological polar surface area (TPSA) is 35.5 Å². The van der Waals surface area contributed by atoms with Crippen LogP contribution in [0.1, 0.15) is 20.8 Å². The highest BCUT2D eigenvalue weighted by molar-refractivity contribution is 7.10. The molecule has 0 aliphatic carbocycles. The summed E-state index contributed by atoms with van der Waals surface area (Å²) in [6, 6.07) is 7.19. The maximum absolute atomic E-state index is 12.4. The molecular formula is C14H14O3S. The molecule has 0 atom stereocenters. The van der Waals surface area contributed by atoms with Crippen LogP contribution in [0.25, 0.3) is 0 Å². The van der Waals surface area contributed by atoms with E-state index < -0.39 is 0 Å². The maximum Gasteiger partial charge on any atom is 0.197 e. The van der Waals surface area contributed by atoms with Gasteiger partial charge in [-0.2, -0.15) is 0 Å². The van der Waals surface area contributed by atoms with Gasteiger partial charge in [0, 0.05) is 15.8 Å². The fourth-order valence-corrected chi connectivity index (χ4v) is 2.47. The third-order valence-corrected chi connectivity index (χ3v) is 3.50. The SMILES string of the molecule is COc1cccc(C(=O)c2csc(C)c2)c1OC. The Morgan fingerprint density at radius 2 is 2.00 bits per heavy atom. The van der Waals surface area contributed by atoms with Crippen LogP contribution >= 0.6 is 11.3 Å². The first-order chi connectivity index (χ1) is 8.67. The van der Waals surface area contributed by atoms with Crippen LogP contribution in [0.15, 0.2) is 29.6 Å². The first-order valence-corrected chi connectivity index (χ1v) is 6.36. The summed E-state index contributed by atoms with van der Waals surface area (Å²) in [4.78, 5) is 13.5. The Labute approximate surface area is 110 Å². The number of rotatable bonds is 4. The summed E-state index contributed by atoms with van der Waals surface area (Å²) in [5.41, 5.74) is 1.21. The van der Waals surface area contributed by atoms with E-state index in [-0.39, 0.29) is 5.78 Å². The summed E-state index contributed by atoms with van der Waals surface area (Å²) in [5.74, 6) is 0.999. The van der Waals surface area contributed by atoms with Gasteiger partial charge >= 0.3 is 0 Å². The summed E-state index contributed by atoms with van der Waals surface area (Å²) in [7, 11) is 3.09. The summed E-state index contributed by atoms with van der Waals surface area (Å²) >= 11 is 1.56. The molecule has 2 aromatic rings. The molecule has 1 aromatic heterocycles. The lowest BCUT2D eigenvalue weighted by Crippen LogP contribution is -2.04. The van der Waals surface area contributed by atoms with Crippen LogP contribution in [-0.2, 0) is 0 Å². The zero-order chi connectivity index (χ0) is 13.1. The smallest absolute Gasteiger partial charge is 0.197 e. The van der Waals surface area contributed by atoms with Crippen LogP contribution in [0.2, 0.25) is 0 Å². The molecular weight excluding hydrogens is 248 g/mol. The van der Waals surface area contributed by atoms with Gasteiger partial charge in [0.1, 0.15) is 0 Å². The lowest BCUT2D eigenvalue weighted by atomic mass is 10.0. The first-order valence-electron chi connectivity index (χ1n) is 5.48. The van der Waals surface area contributed by atoms with E-state index in [9.17, 15) is 4.79 Å². The van der Waals surface area contributed by atoms with Crippen molar-refractivity contribution in [2.24, 2.45) is 0 Å². The minimum atomic E-state index is -0.0462. The minimum absolute atomic E-state index is 0.0462. The number of aryl methyl sites for hydroxylation is 1. The molecule has 0 radical (unpaired) electrons. The second-order valence-electron chi connectivity index (χ2n) is 3.82. The Hall–Kier alpha value is -1.81. The molecule has 0 unspecified atom stereocenters. The summed E-state index contributed by atoms with van der Waals surface area (Å²) in [5, 5.41) is 1.86. The molecule has 94 valence electrons. The van der Waals surface area contributed by atoms with Gasteiger partial charge in [0.05, 0.1) is 19.8 Å². The zero-order valence-electron chi connectivity index (χ0n) is 10.5. The van der Waals surface area contributed by atoms with E-state index in [4.69, 9.17) is 9.47 Å². The molecule has 1 aromatic carbocycles.